The molecule has 2 aromatic rings. The molecule has 0 saturated heterocycles. The van der Waals surface area contributed by atoms with Gasteiger partial charge in [-0.05, 0) is 30.2 Å². The quantitative estimate of drug-likeness (QED) is 0.620. The monoisotopic (exact) mass is 258 g/mol. The van der Waals surface area contributed by atoms with Gasteiger partial charge in [0.25, 0.3) is 0 Å². The molecule has 19 heavy (non-hydrogen) atoms. The van der Waals surface area contributed by atoms with Crippen molar-refractivity contribution >= 4 is 12.3 Å². The summed E-state index contributed by atoms with van der Waals surface area (Å²) in [7, 11) is 1.36. The van der Waals surface area contributed by atoms with Crippen molar-refractivity contribution in [3.63, 3.8) is 0 Å². The van der Waals surface area contributed by atoms with Crippen molar-refractivity contribution in [3.05, 3.63) is 52.8 Å². The van der Waals surface area contributed by atoms with Gasteiger partial charge in [0.1, 0.15) is 5.69 Å². The van der Waals surface area contributed by atoms with Gasteiger partial charge in [-0.15, -0.1) is 0 Å². The average molecular weight is 258 g/mol. The third-order valence-corrected chi connectivity index (χ3v) is 2.83. The summed E-state index contributed by atoms with van der Waals surface area (Å²) >= 11 is 0. The van der Waals surface area contributed by atoms with Crippen LogP contribution in [0.15, 0.2) is 30.5 Å². The average Bonchev–Trinajstić information content (AvgIpc) is 2.87. The van der Waals surface area contributed by atoms with Crippen molar-refractivity contribution in [2.75, 3.05) is 7.11 Å². The molecule has 0 fully saturated rings. The van der Waals surface area contributed by atoms with E-state index in [0.717, 1.165) is 11.1 Å². The lowest BCUT2D eigenvalue weighted by atomic mass is 10.1. The summed E-state index contributed by atoms with van der Waals surface area (Å²) in [4.78, 5) is 22.2. The molecule has 1 aromatic heterocycles. The maximum atomic E-state index is 11.6. The molecule has 0 saturated carbocycles. The van der Waals surface area contributed by atoms with Crippen LogP contribution in [0.1, 0.15) is 32.0 Å². The highest BCUT2D eigenvalue weighted by Crippen LogP contribution is 2.13. The summed E-state index contributed by atoms with van der Waals surface area (Å²) in [6.07, 6.45) is 2.42. The molecule has 0 amide bonds. The highest BCUT2D eigenvalue weighted by atomic mass is 16.5. The van der Waals surface area contributed by atoms with Gasteiger partial charge < -0.3 is 4.74 Å². The number of aromatic nitrogens is 2. The van der Waals surface area contributed by atoms with Crippen LogP contribution in [0.3, 0.4) is 0 Å². The number of aryl methyl sites for hydroxylation is 1. The van der Waals surface area contributed by atoms with Gasteiger partial charge in [-0.2, -0.15) is 5.10 Å². The van der Waals surface area contributed by atoms with Crippen LogP contribution in [0.25, 0.3) is 0 Å². The lowest BCUT2D eigenvalue weighted by Gasteiger charge is -2.07. The Morgan fingerprint density at radius 3 is 2.84 bits per heavy atom. The summed E-state index contributed by atoms with van der Waals surface area (Å²) in [5.74, 6) is -0.353. The lowest BCUT2D eigenvalue weighted by Crippen LogP contribution is -2.07. The molecule has 0 aliphatic carbocycles. The Balaban J connectivity index is 2.25. The number of hydrogen-bond acceptors (Lipinski definition) is 4. The van der Waals surface area contributed by atoms with E-state index in [4.69, 9.17) is 4.74 Å². The first-order valence-electron chi connectivity index (χ1n) is 5.80. The van der Waals surface area contributed by atoms with Gasteiger partial charge in [0.05, 0.1) is 19.2 Å². The predicted octanol–water partition coefficient (Wildman–Crippen LogP) is 1.84. The Bertz CT molecular complexity index is 617. The summed E-state index contributed by atoms with van der Waals surface area (Å²) in [5.41, 5.74) is 2.72. The van der Waals surface area contributed by atoms with Gasteiger partial charge in [-0.25, -0.2) is 4.79 Å². The van der Waals surface area contributed by atoms with Crippen LogP contribution in [0.4, 0.5) is 0 Å². The number of aldehydes is 1. The minimum absolute atomic E-state index is 0.353. The second-order valence-corrected chi connectivity index (χ2v) is 4.20. The summed E-state index contributed by atoms with van der Waals surface area (Å²) < 4.78 is 6.38. The fourth-order valence-electron chi connectivity index (χ4n) is 1.81. The normalized spacial score (nSPS) is 10.2. The maximum Gasteiger partial charge on any atom is 0.338 e. The topological polar surface area (TPSA) is 61.2 Å². The molecule has 0 N–H and O–H groups in total. The number of benzene rings is 1. The molecule has 1 heterocycles. The molecule has 2 rings (SSSR count). The highest BCUT2D eigenvalue weighted by molar-refractivity contribution is 5.91. The van der Waals surface area contributed by atoms with Gasteiger partial charge in [0, 0.05) is 6.20 Å². The Morgan fingerprint density at radius 2 is 2.21 bits per heavy atom. The predicted molar refractivity (Wildman–Crippen MR) is 69.2 cm³/mol. The van der Waals surface area contributed by atoms with Gasteiger partial charge in [-0.1, -0.05) is 12.1 Å². The van der Waals surface area contributed by atoms with Crippen molar-refractivity contribution < 1.29 is 14.3 Å². The van der Waals surface area contributed by atoms with Crippen molar-refractivity contribution in [2.45, 2.75) is 13.5 Å². The minimum atomic E-state index is -0.353. The molecular formula is C14H14N2O3. The summed E-state index contributed by atoms with van der Waals surface area (Å²) in [5, 5.41) is 4.07. The van der Waals surface area contributed by atoms with E-state index < -0.39 is 0 Å². The molecule has 5 nitrogen and oxygen atoms in total. The Hall–Kier alpha value is -2.43. The first kappa shape index (κ1) is 13.0. The highest BCUT2D eigenvalue weighted by Gasteiger charge is 2.10. The van der Waals surface area contributed by atoms with E-state index in [2.05, 4.69) is 5.10 Å². The van der Waals surface area contributed by atoms with Crippen LogP contribution in [0.2, 0.25) is 0 Å². The van der Waals surface area contributed by atoms with Gasteiger partial charge >= 0.3 is 5.97 Å². The second kappa shape index (κ2) is 5.48. The molecule has 0 bridgehead atoms. The maximum absolute atomic E-state index is 11.6. The molecule has 1 aromatic carbocycles. The number of esters is 1. The summed E-state index contributed by atoms with van der Waals surface area (Å²) in [6, 6.07) is 7.21. The van der Waals surface area contributed by atoms with Crippen molar-refractivity contribution in [1.29, 1.82) is 0 Å². The van der Waals surface area contributed by atoms with E-state index >= 15 is 0 Å². The van der Waals surface area contributed by atoms with Crippen molar-refractivity contribution in [1.82, 2.24) is 9.78 Å². The molecular weight excluding hydrogens is 244 g/mol. The SMILES string of the molecule is COC(=O)c1cc(Cn2ccc(C=O)n2)ccc1C. The molecule has 0 radical (unpaired) electrons. The Kier molecular flexibility index (Phi) is 3.75. The first-order chi connectivity index (χ1) is 9.13. The van der Waals surface area contributed by atoms with Gasteiger partial charge in [0.2, 0.25) is 0 Å². The third kappa shape index (κ3) is 2.88. The van der Waals surface area contributed by atoms with E-state index in [9.17, 15) is 9.59 Å². The second-order valence-electron chi connectivity index (χ2n) is 4.20. The molecule has 5 heteroatoms. The number of carbonyl (C=O) groups is 2. The fraction of sp³-hybridized carbons (Fsp3) is 0.214. The standard InChI is InChI=1S/C14H14N2O3/c1-10-3-4-11(7-13(10)14(18)19-2)8-16-6-5-12(9-17)15-16/h3-7,9H,8H2,1-2H3. The lowest BCUT2D eigenvalue weighted by molar-refractivity contribution is 0.0599. The molecule has 0 unspecified atom stereocenters. The Labute approximate surface area is 110 Å². The molecule has 0 spiro atoms. The zero-order chi connectivity index (χ0) is 13.8. The first-order valence-corrected chi connectivity index (χ1v) is 5.80. The number of ether oxygens (including phenoxy) is 1. The Morgan fingerprint density at radius 1 is 1.42 bits per heavy atom. The van der Waals surface area contributed by atoms with Crippen molar-refractivity contribution in [2.24, 2.45) is 0 Å². The number of nitrogens with zero attached hydrogens (tertiary/aromatic N) is 2. The van der Waals surface area contributed by atoms with E-state index in [1.165, 1.54) is 7.11 Å². The van der Waals surface area contributed by atoms with E-state index in [-0.39, 0.29) is 5.97 Å². The summed E-state index contributed by atoms with van der Waals surface area (Å²) in [6.45, 7) is 2.35. The van der Waals surface area contributed by atoms with Crippen LogP contribution < -0.4 is 0 Å². The van der Waals surface area contributed by atoms with Crippen molar-refractivity contribution in [3.8, 4) is 0 Å². The smallest absolute Gasteiger partial charge is 0.338 e. The van der Waals surface area contributed by atoms with Crippen LogP contribution in [0.5, 0.6) is 0 Å². The van der Waals surface area contributed by atoms with E-state index in [1.807, 2.05) is 19.1 Å². The van der Waals surface area contributed by atoms with Gasteiger partial charge in [-0.3, -0.25) is 9.48 Å². The number of carbonyl (C=O) groups excluding carboxylic acids is 2. The molecule has 0 atom stereocenters. The van der Waals surface area contributed by atoms with Gasteiger partial charge in [0.15, 0.2) is 6.29 Å². The fourth-order valence-corrected chi connectivity index (χ4v) is 1.81. The number of hydrogen-bond donors (Lipinski definition) is 0. The van der Waals surface area contributed by atoms with Crippen LogP contribution >= 0.6 is 0 Å². The number of rotatable bonds is 4. The number of methoxy groups -OCH3 is 1. The molecule has 0 aliphatic rings. The van der Waals surface area contributed by atoms with Crippen LogP contribution in [-0.2, 0) is 11.3 Å². The minimum Gasteiger partial charge on any atom is -0.465 e. The van der Waals surface area contributed by atoms with E-state index in [1.54, 1.807) is 23.0 Å². The van der Waals surface area contributed by atoms with Crippen LogP contribution in [-0.4, -0.2) is 29.1 Å². The zero-order valence-corrected chi connectivity index (χ0v) is 10.8. The molecule has 0 aliphatic heterocycles. The largest absolute Gasteiger partial charge is 0.465 e. The molecule has 98 valence electrons. The third-order valence-electron chi connectivity index (χ3n) is 2.83. The van der Waals surface area contributed by atoms with E-state index in [0.29, 0.717) is 24.1 Å². The van der Waals surface area contributed by atoms with Crippen LogP contribution in [0, 0.1) is 6.92 Å². The zero-order valence-electron chi connectivity index (χ0n) is 10.8.